The molecule has 6 nitrogen and oxygen atoms in total. The van der Waals surface area contributed by atoms with Crippen LogP contribution in [-0.4, -0.2) is 50.6 Å². The number of aliphatic hydroxyl groups excluding tert-OH is 1. The summed E-state index contributed by atoms with van der Waals surface area (Å²) in [6.45, 7) is 14.8. The molecule has 0 radical (unpaired) electrons. The van der Waals surface area contributed by atoms with E-state index >= 15 is 0 Å². The van der Waals surface area contributed by atoms with E-state index in [9.17, 15) is 9.59 Å². The average molecular weight is 611 g/mol. The van der Waals surface area contributed by atoms with Gasteiger partial charge in [0.15, 0.2) is 0 Å². The Balaban J connectivity index is -0.000000100. The van der Waals surface area contributed by atoms with E-state index in [0.29, 0.717) is 48.7 Å². The predicted molar refractivity (Wildman–Crippen MR) is 187 cm³/mol. The summed E-state index contributed by atoms with van der Waals surface area (Å²) >= 11 is 0. The minimum atomic E-state index is -0.154. The van der Waals surface area contributed by atoms with Crippen molar-refractivity contribution in [1.82, 2.24) is 0 Å². The van der Waals surface area contributed by atoms with E-state index in [0.717, 1.165) is 24.7 Å². The second kappa shape index (κ2) is 28.6. The van der Waals surface area contributed by atoms with Crippen molar-refractivity contribution in [1.29, 1.82) is 0 Å². The van der Waals surface area contributed by atoms with Crippen LogP contribution in [0.2, 0.25) is 0 Å². The maximum Gasteiger partial charge on any atom is 0.306 e. The monoisotopic (exact) mass is 611 g/mol. The second-order valence-electron chi connectivity index (χ2n) is 12.7. The Kier molecular flexibility index (Phi) is 38.6. The van der Waals surface area contributed by atoms with E-state index in [1.54, 1.807) is 7.11 Å². The fourth-order valence-electron chi connectivity index (χ4n) is 5.45. The van der Waals surface area contributed by atoms with Crippen molar-refractivity contribution in [2.24, 2.45) is 34.5 Å². The first-order valence-corrected chi connectivity index (χ1v) is 13.8. The summed E-state index contributed by atoms with van der Waals surface area (Å²) in [6.07, 6.45) is 10.7. The van der Waals surface area contributed by atoms with Gasteiger partial charge in [0.1, 0.15) is 13.2 Å². The highest BCUT2D eigenvalue weighted by Crippen LogP contribution is 2.41. The molecule has 2 aliphatic rings. The van der Waals surface area contributed by atoms with Gasteiger partial charge in [0, 0.05) is 20.0 Å². The van der Waals surface area contributed by atoms with E-state index in [-0.39, 0.29) is 77.1 Å². The highest BCUT2D eigenvalue weighted by atomic mass is 16.6. The number of carbonyl (C=O) groups excluding carboxylic acids is 2. The molecule has 0 bridgehead atoms. The maximum atomic E-state index is 11.6. The van der Waals surface area contributed by atoms with Gasteiger partial charge in [-0.3, -0.25) is 9.59 Å². The van der Waals surface area contributed by atoms with Gasteiger partial charge in [-0.1, -0.05) is 93.5 Å². The van der Waals surface area contributed by atoms with Crippen LogP contribution < -0.4 is 0 Å². The molecular formula is C36H82O6. The van der Waals surface area contributed by atoms with Crippen molar-refractivity contribution in [3.05, 3.63) is 0 Å². The SMILES string of the molecule is C.C.C.C.C.C.C.CC(C)(C)C1CCC(CC(=O)OCCO)CC1.COCCOC(=O)CC1CCC(C(C)(C)C)CC1. The van der Waals surface area contributed by atoms with Crippen molar-refractivity contribution < 1.29 is 28.9 Å². The molecule has 1 N–H and O–H groups in total. The van der Waals surface area contributed by atoms with Crippen LogP contribution in [0.25, 0.3) is 0 Å². The van der Waals surface area contributed by atoms with Gasteiger partial charge < -0.3 is 19.3 Å². The zero-order valence-electron chi connectivity index (χ0n) is 23.7. The van der Waals surface area contributed by atoms with Gasteiger partial charge in [0.2, 0.25) is 0 Å². The Morgan fingerprint density at radius 1 is 0.571 bits per heavy atom. The summed E-state index contributed by atoms with van der Waals surface area (Å²) in [5, 5.41) is 8.57. The number of hydrogen-bond donors (Lipinski definition) is 1. The Bertz CT molecular complexity index is 589. The number of methoxy groups -OCH3 is 1. The van der Waals surface area contributed by atoms with Crippen LogP contribution in [0, 0.1) is 34.5 Å². The molecule has 2 saturated carbocycles. The van der Waals surface area contributed by atoms with E-state index in [1.165, 1.54) is 38.5 Å². The van der Waals surface area contributed by atoms with Gasteiger partial charge in [-0.05, 0) is 85.9 Å². The van der Waals surface area contributed by atoms with Crippen LogP contribution in [0.5, 0.6) is 0 Å². The number of carbonyl (C=O) groups is 2. The Morgan fingerprint density at radius 2 is 0.881 bits per heavy atom. The lowest BCUT2D eigenvalue weighted by molar-refractivity contribution is -0.147. The molecule has 0 saturated heterocycles. The molecule has 2 aliphatic carbocycles. The third-order valence-corrected chi connectivity index (χ3v) is 7.96. The van der Waals surface area contributed by atoms with Crippen molar-refractivity contribution in [3.8, 4) is 0 Å². The summed E-state index contributed by atoms with van der Waals surface area (Å²) in [4.78, 5) is 23.0. The van der Waals surface area contributed by atoms with E-state index in [2.05, 4.69) is 41.5 Å². The number of aliphatic hydroxyl groups is 1. The van der Waals surface area contributed by atoms with Gasteiger partial charge >= 0.3 is 11.9 Å². The van der Waals surface area contributed by atoms with Gasteiger partial charge in [-0.2, -0.15) is 0 Å². The molecule has 42 heavy (non-hydrogen) atoms. The first kappa shape index (κ1) is 56.6. The molecule has 2 fully saturated rings. The lowest BCUT2D eigenvalue weighted by Gasteiger charge is -2.36. The summed E-state index contributed by atoms with van der Waals surface area (Å²) in [6, 6.07) is 0. The first-order valence-electron chi connectivity index (χ1n) is 13.8. The zero-order chi connectivity index (χ0) is 26.5. The molecule has 0 unspecified atom stereocenters. The van der Waals surface area contributed by atoms with E-state index in [1.807, 2.05) is 0 Å². The van der Waals surface area contributed by atoms with Gasteiger partial charge in [-0.25, -0.2) is 0 Å². The summed E-state index contributed by atoms with van der Waals surface area (Å²) in [5.41, 5.74) is 0.798. The molecule has 0 aromatic heterocycles. The van der Waals surface area contributed by atoms with Crippen LogP contribution in [-0.2, 0) is 23.8 Å². The van der Waals surface area contributed by atoms with Crippen LogP contribution >= 0.6 is 0 Å². The third kappa shape index (κ3) is 24.3. The fraction of sp³-hybridized carbons (Fsp3) is 0.944. The Hall–Kier alpha value is -1.14. The molecule has 0 aromatic carbocycles. The minimum Gasteiger partial charge on any atom is -0.463 e. The molecule has 0 atom stereocenters. The summed E-state index contributed by atoms with van der Waals surface area (Å²) in [7, 11) is 1.61. The topological polar surface area (TPSA) is 82.1 Å². The van der Waals surface area contributed by atoms with Crippen molar-refractivity contribution in [2.75, 3.05) is 33.5 Å². The smallest absolute Gasteiger partial charge is 0.306 e. The lowest BCUT2D eigenvalue weighted by Crippen LogP contribution is -2.27. The van der Waals surface area contributed by atoms with Gasteiger partial charge in [-0.15, -0.1) is 0 Å². The quantitative estimate of drug-likeness (QED) is 0.206. The Labute approximate surface area is 266 Å². The molecule has 0 amide bonds. The molecule has 262 valence electrons. The molecule has 0 heterocycles. The van der Waals surface area contributed by atoms with Crippen LogP contribution in [0.1, 0.15) is 158 Å². The highest BCUT2D eigenvalue weighted by molar-refractivity contribution is 5.70. The number of esters is 2. The minimum absolute atomic E-state index is 0. The molecule has 0 aliphatic heterocycles. The fourth-order valence-corrected chi connectivity index (χ4v) is 5.45. The van der Waals surface area contributed by atoms with Crippen LogP contribution in [0.3, 0.4) is 0 Å². The summed E-state index contributed by atoms with van der Waals surface area (Å²) in [5.74, 6) is 2.38. The number of hydrogen-bond acceptors (Lipinski definition) is 6. The summed E-state index contributed by atoms with van der Waals surface area (Å²) < 4.78 is 14.9. The molecule has 6 heteroatoms. The average Bonchev–Trinajstić information content (AvgIpc) is 2.78. The maximum absolute atomic E-state index is 11.6. The first-order chi connectivity index (χ1) is 16.4. The number of ether oxygens (including phenoxy) is 3. The van der Waals surface area contributed by atoms with Gasteiger partial charge in [0.25, 0.3) is 0 Å². The largest absolute Gasteiger partial charge is 0.463 e. The van der Waals surface area contributed by atoms with Crippen LogP contribution in [0.4, 0.5) is 0 Å². The second-order valence-corrected chi connectivity index (χ2v) is 12.7. The molecule has 0 spiro atoms. The normalized spacial score (nSPS) is 21.0. The standard InChI is InChI=1S/C15H28O3.C14H26O3.7CH4/c1-15(2,3)13-7-5-12(6-8-13)11-14(16)18-10-9-17-4;1-14(2,3)12-6-4-11(5-7-12)10-13(16)17-9-8-15;;;;;;;/h12-13H,5-11H2,1-4H3;11-12,15H,4-10H2,1-3H3;7*1H4. The van der Waals surface area contributed by atoms with E-state index < -0.39 is 0 Å². The molecular weight excluding hydrogens is 528 g/mol. The van der Waals surface area contributed by atoms with Crippen molar-refractivity contribution >= 4 is 11.9 Å². The van der Waals surface area contributed by atoms with Gasteiger partial charge in [0.05, 0.1) is 13.2 Å². The Morgan fingerprint density at radius 3 is 1.14 bits per heavy atom. The lowest BCUT2D eigenvalue weighted by atomic mass is 9.69. The molecule has 2 rings (SSSR count). The predicted octanol–water partition coefficient (Wildman–Crippen LogP) is 10.6. The highest BCUT2D eigenvalue weighted by Gasteiger charge is 2.31. The zero-order valence-corrected chi connectivity index (χ0v) is 23.7. The molecule has 0 aromatic rings. The van der Waals surface area contributed by atoms with Crippen molar-refractivity contribution in [2.45, 2.75) is 158 Å². The number of rotatable bonds is 9. The third-order valence-electron chi connectivity index (χ3n) is 7.96. The van der Waals surface area contributed by atoms with E-state index in [4.69, 9.17) is 19.3 Å². The van der Waals surface area contributed by atoms with Crippen molar-refractivity contribution in [3.63, 3.8) is 0 Å². The van der Waals surface area contributed by atoms with Crippen LogP contribution in [0.15, 0.2) is 0 Å².